The summed E-state index contributed by atoms with van der Waals surface area (Å²) < 4.78 is 5.08. The van der Waals surface area contributed by atoms with Gasteiger partial charge in [-0.25, -0.2) is 9.98 Å². The third kappa shape index (κ3) is 8.90. The molecule has 1 aliphatic rings. The second-order valence-corrected chi connectivity index (χ2v) is 21.5. The lowest BCUT2D eigenvalue weighted by Crippen LogP contribution is -2.18. The Kier molecular flexibility index (Phi) is 12.8. The van der Waals surface area contributed by atoms with Gasteiger partial charge in [0.2, 0.25) is 0 Å². The van der Waals surface area contributed by atoms with Crippen LogP contribution in [0.4, 0.5) is 0 Å². The van der Waals surface area contributed by atoms with Crippen molar-refractivity contribution in [3.05, 3.63) is 295 Å². The fourth-order valence-electron chi connectivity index (χ4n) is 12.7. The molecule has 0 N–H and O–H groups in total. The van der Waals surface area contributed by atoms with Crippen molar-refractivity contribution in [2.45, 2.75) is 46.0 Å². The van der Waals surface area contributed by atoms with Gasteiger partial charge in [0.25, 0.3) is 0 Å². The minimum absolute atomic E-state index is 0.313. The number of hydrogen-bond acceptors (Lipinski definition) is 2. The van der Waals surface area contributed by atoms with Crippen LogP contribution in [0, 0.1) is 6.92 Å². The van der Waals surface area contributed by atoms with Crippen LogP contribution in [0.3, 0.4) is 0 Å². The number of aromatic nitrogens is 2. The summed E-state index contributed by atoms with van der Waals surface area (Å²) in [6.07, 6.45) is 2.27. The van der Waals surface area contributed by atoms with Crippen LogP contribution < -0.4 is 0 Å². The number of allylic oxidation sites excluding steroid dienone is 1. The average molecular weight is 1040 g/mol. The van der Waals surface area contributed by atoms with Crippen molar-refractivity contribution in [1.82, 2.24) is 9.13 Å². The maximum atomic E-state index is 6.08. The van der Waals surface area contributed by atoms with Crippen LogP contribution in [0.5, 0.6) is 0 Å². The third-order valence-electron chi connectivity index (χ3n) is 16.7. The van der Waals surface area contributed by atoms with E-state index in [4.69, 9.17) is 9.98 Å². The average Bonchev–Trinajstić information content (AvgIpc) is 2.59. The maximum absolute atomic E-state index is 6.08. The van der Waals surface area contributed by atoms with Gasteiger partial charge < -0.3 is 9.13 Å². The van der Waals surface area contributed by atoms with E-state index in [0.29, 0.717) is 0 Å². The molecule has 13 aromatic rings. The molecule has 0 aliphatic carbocycles. The van der Waals surface area contributed by atoms with E-state index in [1.54, 1.807) is 0 Å². The van der Waals surface area contributed by atoms with E-state index < -0.39 is 0 Å². The van der Waals surface area contributed by atoms with Gasteiger partial charge in [0.05, 0.1) is 39.2 Å². The first kappa shape index (κ1) is 49.4. The Bertz CT molecular complexity index is 4560. The second kappa shape index (κ2) is 21.0. The highest BCUT2D eigenvalue weighted by atomic mass is 15.0. The summed E-state index contributed by atoms with van der Waals surface area (Å²) in [6, 6.07) is 97.5. The fourth-order valence-corrected chi connectivity index (χ4v) is 12.7. The summed E-state index contributed by atoms with van der Waals surface area (Å²) in [6.45, 7) is 6.89. The molecule has 1 aliphatic heterocycles. The zero-order valence-electron chi connectivity index (χ0n) is 45.9. The first-order chi connectivity index (χ1) is 40.0. The van der Waals surface area contributed by atoms with Crippen LogP contribution >= 0.6 is 0 Å². The summed E-state index contributed by atoms with van der Waals surface area (Å²) in [7, 11) is 0. The molecule has 81 heavy (non-hydrogen) atoms. The van der Waals surface area contributed by atoms with Gasteiger partial charge >= 0.3 is 0 Å². The van der Waals surface area contributed by atoms with Crippen molar-refractivity contribution in [2.75, 3.05) is 0 Å². The molecule has 3 heterocycles. The first-order valence-corrected chi connectivity index (χ1v) is 28.5. The van der Waals surface area contributed by atoms with E-state index in [-0.39, 0.29) is 5.92 Å². The number of nitrogens with zero attached hydrogens (tertiary/aromatic N) is 4. The van der Waals surface area contributed by atoms with Crippen LogP contribution in [-0.4, -0.2) is 20.7 Å². The molecule has 4 nitrogen and oxygen atoms in total. The minimum Gasteiger partial charge on any atom is -0.309 e. The number of aryl methyl sites for hydroxylation is 1. The van der Waals surface area contributed by atoms with Crippen molar-refractivity contribution in [3.63, 3.8) is 0 Å². The third-order valence-corrected chi connectivity index (χ3v) is 16.7. The monoisotopic (exact) mass is 1040 g/mol. The van der Waals surface area contributed by atoms with Crippen molar-refractivity contribution in [2.24, 2.45) is 9.98 Å². The van der Waals surface area contributed by atoms with E-state index in [0.717, 1.165) is 86.6 Å². The summed E-state index contributed by atoms with van der Waals surface area (Å²) >= 11 is 0. The number of amidine groups is 1. The molecule has 0 saturated heterocycles. The smallest absolute Gasteiger partial charge is 0.136 e. The van der Waals surface area contributed by atoms with Gasteiger partial charge in [0.1, 0.15) is 5.84 Å². The largest absolute Gasteiger partial charge is 0.309 e. The van der Waals surface area contributed by atoms with Crippen molar-refractivity contribution in [3.8, 4) is 55.9 Å². The standard InChI is InChI=1S/C77H60N4/c1-4-62(77-78-68(59-33-22-31-57(48-59)54-27-10-6-11-28-54)47-42-52(3)75(79-77)60-34-23-32-58(49-60)55-29-12-7-13-30-55)74-73(63-35-15-14-24-51(63)2)72(81-70-40-20-16-36-64(70)65-37-17-21-41-71(65)81)50-67-66-38-18-19-39-69(66)80(76(67)74)61-45-43-56(44-46-61)53-25-8-5-9-26-53/h5-41,43-46,48-50,62H,4,42,47H2,1-3H3/b75-52-,78-68?,79-77?. The predicted octanol–water partition coefficient (Wildman–Crippen LogP) is 20.5. The molecule has 1 unspecified atom stereocenters. The van der Waals surface area contributed by atoms with Crippen LogP contribution in [0.25, 0.3) is 105 Å². The van der Waals surface area contributed by atoms with Gasteiger partial charge in [-0.05, 0) is 143 Å². The molecule has 2 aromatic heterocycles. The maximum Gasteiger partial charge on any atom is 0.136 e. The molecular formula is C77H60N4. The summed E-state index contributed by atoms with van der Waals surface area (Å²) in [5.74, 6) is 0.482. The molecule has 0 amide bonds. The Hall–Kier alpha value is -9.90. The molecule has 11 aromatic carbocycles. The Labute approximate surface area is 474 Å². The van der Waals surface area contributed by atoms with E-state index in [9.17, 15) is 0 Å². The van der Waals surface area contributed by atoms with Crippen LogP contribution in [0.15, 0.2) is 282 Å². The Morgan fingerprint density at radius 2 is 0.864 bits per heavy atom. The molecule has 0 bridgehead atoms. The van der Waals surface area contributed by atoms with E-state index in [1.807, 2.05) is 0 Å². The van der Waals surface area contributed by atoms with Gasteiger partial charge in [0, 0.05) is 44.3 Å². The summed E-state index contributed by atoms with van der Waals surface area (Å²) in [4.78, 5) is 12.1. The SMILES string of the molecule is CCC(C1=N/C(c2cccc(-c3ccccc3)c2)=C(/C)CCC(c2cccc(-c3ccccc3)c2)=N1)c1c(-c2ccccc2C)c(-n2c3ccccc3c3ccccc32)cc2c3ccccc3n(-c3ccc(-c4ccccc4)cc3)c12. The van der Waals surface area contributed by atoms with Gasteiger partial charge in [-0.2, -0.15) is 0 Å². The zero-order valence-corrected chi connectivity index (χ0v) is 45.9. The highest BCUT2D eigenvalue weighted by Gasteiger charge is 2.33. The number of benzene rings is 11. The van der Waals surface area contributed by atoms with Gasteiger partial charge in [0.15, 0.2) is 0 Å². The molecule has 388 valence electrons. The second-order valence-electron chi connectivity index (χ2n) is 21.5. The van der Waals surface area contributed by atoms with Crippen LogP contribution in [0.2, 0.25) is 0 Å². The lowest BCUT2D eigenvalue weighted by molar-refractivity contribution is 0.836. The summed E-state index contributed by atoms with van der Waals surface area (Å²) in [5.41, 5.74) is 24.0. The normalized spacial score (nSPS) is 14.3. The highest BCUT2D eigenvalue weighted by molar-refractivity contribution is 6.18. The molecule has 0 radical (unpaired) electrons. The van der Waals surface area contributed by atoms with Crippen LogP contribution in [0.1, 0.15) is 61.3 Å². The number of rotatable bonds is 11. The van der Waals surface area contributed by atoms with E-state index in [2.05, 4.69) is 297 Å². The molecule has 0 saturated carbocycles. The molecule has 1 atom stereocenters. The van der Waals surface area contributed by atoms with E-state index in [1.165, 1.54) is 77.2 Å². The van der Waals surface area contributed by atoms with Crippen molar-refractivity contribution >= 4 is 60.9 Å². The lowest BCUT2D eigenvalue weighted by atomic mass is 9.83. The lowest BCUT2D eigenvalue weighted by Gasteiger charge is -2.28. The van der Waals surface area contributed by atoms with Crippen LogP contribution in [-0.2, 0) is 0 Å². The number of hydrogen-bond donors (Lipinski definition) is 0. The number of aliphatic imine (C=N–C) groups is 2. The zero-order chi connectivity index (χ0) is 54.4. The van der Waals surface area contributed by atoms with Gasteiger partial charge in [-0.15, -0.1) is 0 Å². The Morgan fingerprint density at radius 1 is 0.395 bits per heavy atom. The quantitative estimate of drug-likeness (QED) is 0.124. The number of fused-ring (bicyclic) bond motifs is 6. The topological polar surface area (TPSA) is 34.6 Å². The fraction of sp³-hybridized carbons (Fsp3) is 0.0909. The van der Waals surface area contributed by atoms with Gasteiger partial charge in [-0.1, -0.05) is 225 Å². The number of para-hydroxylation sites is 3. The predicted molar refractivity (Wildman–Crippen MR) is 343 cm³/mol. The first-order valence-electron chi connectivity index (χ1n) is 28.5. The highest BCUT2D eigenvalue weighted by Crippen LogP contribution is 2.49. The molecule has 4 heteroatoms. The van der Waals surface area contributed by atoms with Gasteiger partial charge in [-0.3, -0.25) is 0 Å². The Morgan fingerprint density at radius 3 is 1.46 bits per heavy atom. The van der Waals surface area contributed by atoms with Crippen molar-refractivity contribution < 1.29 is 0 Å². The van der Waals surface area contributed by atoms with Crippen molar-refractivity contribution in [1.29, 1.82) is 0 Å². The minimum atomic E-state index is -0.313. The molecule has 0 spiro atoms. The van der Waals surface area contributed by atoms with E-state index >= 15 is 0 Å². The molecule has 0 fully saturated rings. The molecule has 14 rings (SSSR count). The summed E-state index contributed by atoms with van der Waals surface area (Å²) in [5, 5.41) is 4.80. The molecular weight excluding hydrogens is 981 g/mol. The Balaban J connectivity index is 1.13.